The van der Waals surface area contributed by atoms with Crippen molar-refractivity contribution >= 4 is 11.6 Å². The highest BCUT2D eigenvalue weighted by Crippen LogP contribution is 2.37. The molecule has 1 aromatic carbocycles. The number of nitrogens with one attached hydrogen (secondary N) is 1. The van der Waals surface area contributed by atoms with E-state index >= 15 is 0 Å². The van der Waals surface area contributed by atoms with Gasteiger partial charge in [0.2, 0.25) is 0 Å². The molecule has 4 rings (SSSR count). The van der Waals surface area contributed by atoms with Gasteiger partial charge in [0.25, 0.3) is 5.56 Å². The van der Waals surface area contributed by atoms with E-state index in [1.807, 2.05) is 18.2 Å². The molecule has 0 atom stereocenters. The van der Waals surface area contributed by atoms with E-state index in [2.05, 4.69) is 19.9 Å². The number of pyridine rings is 1. The summed E-state index contributed by atoms with van der Waals surface area (Å²) in [4.78, 5) is 26.3. The van der Waals surface area contributed by atoms with Gasteiger partial charge in [-0.2, -0.15) is 0 Å². The molecule has 1 aliphatic heterocycles. The summed E-state index contributed by atoms with van der Waals surface area (Å²) in [5, 5.41) is 10.4. The van der Waals surface area contributed by atoms with E-state index in [9.17, 15) is 9.90 Å². The van der Waals surface area contributed by atoms with Gasteiger partial charge in [-0.15, -0.1) is 0 Å². The highest BCUT2D eigenvalue weighted by molar-refractivity contribution is 6.33. The summed E-state index contributed by atoms with van der Waals surface area (Å²) in [5.74, 6) is 0.800. The number of aromatic amines is 1. The fourth-order valence-electron chi connectivity index (χ4n) is 3.37. The third-order valence-corrected chi connectivity index (χ3v) is 5.28. The molecule has 7 nitrogen and oxygen atoms in total. The van der Waals surface area contributed by atoms with Gasteiger partial charge in [-0.25, -0.2) is 4.98 Å². The minimum Gasteiger partial charge on any atom is -0.503 e. The number of H-pyrrole nitrogens is 1. The smallest absolute Gasteiger partial charge is 0.255 e. The monoisotopic (exact) mass is 398 g/mol. The van der Waals surface area contributed by atoms with E-state index in [0.717, 1.165) is 23.4 Å². The van der Waals surface area contributed by atoms with Crippen molar-refractivity contribution in [1.29, 1.82) is 0 Å². The molecule has 2 N–H and O–H groups in total. The van der Waals surface area contributed by atoms with Gasteiger partial charge >= 0.3 is 0 Å². The lowest BCUT2D eigenvalue weighted by molar-refractivity contribution is 0.241. The van der Waals surface area contributed by atoms with Gasteiger partial charge < -0.3 is 14.8 Å². The maximum atomic E-state index is 12.6. The Kier molecular flexibility index (Phi) is 5.02. The predicted octanol–water partition coefficient (Wildman–Crippen LogP) is 2.76. The first kappa shape index (κ1) is 18.5. The van der Waals surface area contributed by atoms with E-state index in [0.29, 0.717) is 36.6 Å². The van der Waals surface area contributed by atoms with Crippen LogP contribution in [0.25, 0.3) is 11.4 Å². The fraction of sp³-hybridized carbons (Fsp3) is 0.250. The zero-order valence-corrected chi connectivity index (χ0v) is 16.0. The number of hydrogen-bond acceptors (Lipinski definition) is 6. The van der Waals surface area contributed by atoms with Crippen LogP contribution in [0.3, 0.4) is 0 Å². The number of hydrogen-bond donors (Lipinski definition) is 2. The number of rotatable bonds is 4. The lowest BCUT2D eigenvalue weighted by Crippen LogP contribution is -2.35. The standard InChI is InChI=1S/C20H19ClN4O3/c1-28-16-5-4-13(17(21)18(16)26)10-25-8-6-15-14(11-25)20(27)24-19(23-15)12-3-2-7-22-9-12/h2-5,7,9,26H,6,8,10-11H2,1H3,(H,23,24,27). The van der Waals surface area contributed by atoms with Gasteiger partial charge in [-0.1, -0.05) is 17.7 Å². The average Bonchev–Trinajstić information content (AvgIpc) is 2.72. The Bertz CT molecular complexity index is 1070. The van der Waals surface area contributed by atoms with Crippen LogP contribution in [-0.4, -0.2) is 38.6 Å². The lowest BCUT2D eigenvalue weighted by atomic mass is 10.1. The molecule has 3 aromatic rings. The molecular weight excluding hydrogens is 380 g/mol. The normalized spacial score (nSPS) is 13.9. The fourth-order valence-corrected chi connectivity index (χ4v) is 3.59. The number of benzene rings is 1. The van der Waals surface area contributed by atoms with E-state index < -0.39 is 0 Å². The second-order valence-electron chi connectivity index (χ2n) is 6.63. The second kappa shape index (κ2) is 7.61. The molecule has 3 heterocycles. The number of fused-ring (bicyclic) bond motifs is 1. The molecule has 2 aromatic heterocycles. The van der Waals surface area contributed by atoms with Crippen LogP contribution >= 0.6 is 11.6 Å². The van der Waals surface area contributed by atoms with E-state index in [-0.39, 0.29) is 16.3 Å². The van der Waals surface area contributed by atoms with Crippen molar-refractivity contribution in [3.8, 4) is 22.9 Å². The van der Waals surface area contributed by atoms with Crippen molar-refractivity contribution in [2.45, 2.75) is 19.5 Å². The minimum absolute atomic E-state index is 0.0697. The van der Waals surface area contributed by atoms with Crippen LogP contribution in [0.5, 0.6) is 11.5 Å². The zero-order chi connectivity index (χ0) is 19.7. The summed E-state index contributed by atoms with van der Waals surface area (Å²) in [7, 11) is 1.48. The first-order valence-corrected chi connectivity index (χ1v) is 9.23. The molecule has 0 spiro atoms. The summed E-state index contributed by atoms with van der Waals surface area (Å²) in [6.07, 6.45) is 4.02. The highest BCUT2D eigenvalue weighted by Gasteiger charge is 2.23. The van der Waals surface area contributed by atoms with Crippen LogP contribution < -0.4 is 10.3 Å². The van der Waals surface area contributed by atoms with E-state index in [1.165, 1.54) is 7.11 Å². The number of phenols is 1. The summed E-state index contributed by atoms with van der Waals surface area (Å²) in [6.45, 7) is 1.72. The maximum absolute atomic E-state index is 12.6. The number of ether oxygens (including phenoxy) is 1. The van der Waals surface area contributed by atoms with Gasteiger partial charge in [-0.3, -0.25) is 14.7 Å². The van der Waals surface area contributed by atoms with E-state index in [4.69, 9.17) is 16.3 Å². The Balaban J connectivity index is 1.58. The molecule has 0 fully saturated rings. The van der Waals surface area contributed by atoms with Gasteiger partial charge in [0.05, 0.1) is 23.4 Å². The molecule has 144 valence electrons. The number of nitrogens with zero attached hydrogens (tertiary/aromatic N) is 3. The van der Waals surface area contributed by atoms with Crippen molar-refractivity contribution in [2.75, 3.05) is 13.7 Å². The van der Waals surface area contributed by atoms with Crippen LogP contribution in [0.1, 0.15) is 16.8 Å². The Hall–Kier alpha value is -2.90. The van der Waals surface area contributed by atoms with Crippen molar-refractivity contribution in [1.82, 2.24) is 19.9 Å². The molecule has 0 unspecified atom stereocenters. The molecule has 28 heavy (non-hydrogen) atoms. The van der Waals surface area contributed by atoms with Crippen LogP contribution in [0.15, 0.2) is 41.5 Å². The van der Waals surface area contributed by atoms with Crippen LogP contribution in [0, 0.1) is 0 Å². The first-order valence-electron chi connectivity index (χ1n) is 8.86. The third-order valence-electron chi connectivity index (χ3n) is 4.86. The highest BCUT2D eigenvalue weighted by atomic mass is 35.5. The topological polar surface area (TPSA) is 91.3 Å². The average molecular weight is 399 g/mol. The van der Waals surface area contributed by atoms with Crippen LogP contribution in [0.2, 0.25) is 5.02 Å². The SMILES string of the molecule is COc1ccc(CN2CCc3nc(-c4cccnc4)[nH]c(=O)c3C2)c(Cl)c1O. The molecule has 0 saturated carbocycles. The molecule has 8 heteroatoms. The van der Waals surface area contributed by atoms with Gasteiger partial charge in [-0.05, 0) is 23.8 Å². The molecule has 0 radical (unpaired) electrons. The van der Waals surface area contributed by atoms with Crippen molar-refractivity contribution < 1.29 is 9.84 Å². The summed E-state index contributed by atoms with van der Waals surface area (Å²) >= 11 is 6.27. The quantitative estimate of drug-likeness (QED) is 0.702. The number of phenolic OH excluding ortho intramolecular Hbond substituents is 1. The summed E-state index contributed by atoms with van der Waals surface area (Å²) in [6, 6.07) is 7.18. The van der Waals surface area contributed by atoms with Crippen molar-refractivity contribution in [3.05, 3.63) is 68.9 Å². The Labute approximate surface area is 166 Å². The van der Waals surface area contributed by atoms with Crippen molar-refractivity contribution in [3.63, 3.8) is 0 Å². The predicted molar refractivity (Wildman–Crippen MR) is 106 cm³/mol. The Morgan fingerprint density at radius 2 is 2.21 bits per heavy atom. The minimum atomic E-state index is -0.141. The van der Waals surface area contributed by atoms with Crippen LogP contribution in [0.4, 0.5) is 0 Å². The molecule has 0 aliphatic carbocycles. The van der Waals surface area contributed by atoms with Gasteiger partial charge in [0.1, 0.15) is 5.82 Å². The first-order chi connectivity index (χ1) is 13.6. The van der Waals surface area contributed by atoms with Crippen LogP contribution in [-0.2, 0) is 19.5 Å². The summed E-state index contributed by atoms with van der Waals surface area (Å²) in [5.41, 5.74) is 2.89. The third kappa shape index (κ3) is 3.46. The zero-order valence-electron chi connectivity index (χ0n) is 15.3. The molecule has 1 aliphatic rings. The number of halogens is 1. The molecule has 0 bridgehead atoms. The number of methoxy groups -OCH3 is 1. The Morgan fingerprint density at radius 1 is 1.36 bits per heavy atom. The summed E-state index contributed by atoms with van der Waals surface area (Å²) < 4.78 is 5.07. The van der Waals surface area contributed by atoms with E-state index in [1.54, 1.807) is 18.5 Å². The second-order valence-corrected chi connectivity index (χ2v) is 7.01. The molecule has 0 saturated heterocycles. The maximum Gasteiger partial charge on any atom is 0.255 e. The molecular formula is C20H19ClN4O3. The lowest BCUT2D eigenvalue weighted by Gasteiger charge is -2.28. The largest absolute Gasteiger partial charge is 0.503 e. The number of aromatic hydroxyl groups is 1. The Morgan fingerprint density at radius 3 is 2.96 bits per heavy atom. The van der Waals surface area contributed by atoms with Gasteiger partial charge in [0, 0.05) is 44.0 Å². The molecule has 0 amide bonds. The number of aromatic nitrogens is 3. The van der Waals surface area contributed by atoms with Gasteiger partial charge in [0.15, 0.2) is 11.5 Å². The van der Waals surface area contributed by atoms with Crippen molar-refractivity contribution in [2.24, 2.45) is 0 Å².